The minimum Gasteiger partial charge on any atom is -0.381 e. The highest BCUT2D eigenvalue weighted by atomic mass is 32.2. The van der Waals surface area contributed by atoms with Gasteiger partial charge in [0, 0.05) is 10.5 Å². The van der Waals surface area contributed by atoms with Gasteiger partial charge in [-0.3, -0.25) is 0 Å². The lowest BCUT2D eigenvalue weighted by Crippen LogP contribution is -2.45. The molecule has 2 aliphatic rings. The first-order valence-corrected chi connectivity index (χ1v) is 7.02. The summed E-state index contributed by atoms with van der Waals surface area (Å²) in [7, 11) is 0. The maximum Gasteiger partial charge on any atom is 0.416 e. The summed E-state index contributed by atoms with van der Waals surface area (Å²) in [6.07, 6.45) is -3.84. The van der Waals surface area contributed by atoms with E-state index < -0.39 is 11.8 Å². The van der Waals surface area contributed by atoms with Gasteiger partial charge in [0.25, 0.3) is 0 Å². The second kappa shape index (κ2) is 4.05. The monoisotopic (exact) mass is 268 g/mol. The van der Waals surface area contributed by atoms with Crippen LogP contribution in [0.1, 0.15) is 33.6 Å². The molecule has 2 heterocycles. The highest BCUT2D eigenvalue weighted by molar-refractivity contribution is 8.01. The van der Waals surface area contributed by atoms with Gasteiger partial charge in [0.2, 0.25) is 0 Å². The molecule has 0 saturated carbocycles. The average molecular weight is 268 g/mol. The van der Waals surface area contributed by atoms with Crippen LogP contribution in [0.4, 0.5) is 13.2 Å². The largest absolute Gasteiger partial charge is 0.416 e. The lowest BCUT2D eigenvalue weighted by atomic mass is 9.72. The van der Waals surface area contributed by atoms with Gasteiger partial charge in [-0.05, 0) is 37.5 Å². The second-order valence-corrected chi connectivity index (χ2v) is 7.25. The Bertz CT molecular complexity index is 301. The molecule has 2 fully saturated rings. The molecule has 0 aliphatic carbocycles. The van der Waals surface area contributed by atoms with Gasteiger partial charge < -0.3 is 5.11 Å². The third kappa shape index (κ3) is 2.21. The molecule has 6 atom stereocenters. The summed E-state index contributed by atoms with van der Waals surface area (Å²) < 4.78 is 37.9. The predicted octanol–water partition coefficient (Wildman–Crippen LogP) is 3.47. The average Bonchev–Trinajstić information content (AvgIpc) is 2.66. The fourth-order valence-electron chi connectivity index (χ4n) is 3.16. The number of hydrogen-bond acceptors (Lipinski definition) is 2. The van der Waals surface area contributed by atoms with Crippen molar-refractivity contribution in [1.29, 1.82) is 0 Å². The van der Waals surface area contributed by atoms with E-state index in [9.17, 15) is 18.3 Å². The minimum atomic E-state index is -4.52. The van der Waals surface area contributed by atoms with Crippen molar-refractivity contribution in [2.75, 3.05) is 0 Å². The van der Waals surface area contributed by atoms with Crippen molar-refractivity contribution in [2.24, 2.45) is 17.8 Å². The summed E-state index contributed by atoms with van der Waals surface area (Å²) in [6.45, 7) is 5.20. The molecular formula is C12H19F3OS. The van der Waals surface area contributed by atoms with Gasteiger partial charge in [-0.1, -0.05) is 13.8 Å². The zero-order chi connectivity index (χ0) is 13.0. The quantitative estimate of drug-likeness (QED) is 0.827. The van der Waals surface area contributed by atoms with E-state index in [4.69, 9.17) is 0 Å². The second-order valence-electron chi connectivity index (χ2n) is 5.83. The molecule has 1 N–H and O–H groups in total. The third-order valence-electron chi connectivity index (χ3n) is 4.54. The molecule has 17 heavy (non-hydrogen) atoms. The lowest BCUT2D eigenvalue weighted by Gasteiger charge is -2.35. The van der Waals surface area contributed by atoms with Crippen LogP contribution >= 0.6 is 11.8 Å². The van der Waals surface area contributed by atoms with Crippen molar-refractivity contribution in [2.45, 2.75) is 55.9 Å². The molecule has 2 aliphatic heterocycles. The Labute approximate surface area is 104 Å². The Kier molecular flexibility index (Phi) is 3.22. The summed E-state index contributed by atoms with van der Waals surface area (Å²) in [5.74, 6) is 1.07. The van der Waals surface area contributed by atoms with E-state index in [2.05, 4.69) is 13.8 Å². The molecule has 0 radical (unpaired) electrons. The number of aliphatic hydroxyl groups is 1. The summed E-state index contributed by atoms with van der Waals surface area (Å²) in [4.78, 5) is 0. The number of halogens is 3. The fraction of sp³-hybridized carbons (Fsp3) is 1.00. The van der Waals surface area contributed by atoms with Crippen LogP contribution in [0.25, 0.3) is 0 Å². The first kappa shape index (κ1) is 13.5. The Morgan fingerprint density at radius 1 is 1.24 bits per heavy atom. The molecule has 5 heteroatoms. The van der Waals surface area contributed by atoms with Gasteiger partial charge in [-0.2, -0.15) is 24.9 Å². The van der Waals surface area contributed by atoms with E-state index in [0.29, 0.717) is 22.3 Å². The van der Waals surface area contributed by atoms with Crippen LogP contribution in [-0.2, 0) is 0 Å². The Balaban J connectivity index is 2.04. The molecule has 1 nitrogen and oxygen atoms in total. The van der Waals surface area contributed by atoms with Crippen LogP contribution in [0.2, 0.25) is 0 Å². The van der Waals surface area contributed by atoms with Crippen molar-refractivity contribution in [1.82, 2.24) is 0 Å². The van der Waals surface area contributed by atoms with E-state index in [1.807, 2.05) is 11.8 Å². The molecule has 2 rings (SSSR count). The van der Waals surface area contributed by atoms with Gasteiger partial charge in [0.05, 0.1) is 0 Å². The summed E-state index contributed by atoms with van der Waals surface area (Å²) >= 11 is 1.83. The maximum absolute atomic E-state index is 12.6. The molecule has 0 aromatic carbocycles. The van der Waals surface area contributed by atoms with Gasteiger partial charge in [0.1, 0.15) is 0 Å². The van der Waals surface area contributed by atoms with Crippen LogP contribution in [0.5, 0.6) is 0 Å². The minimum absolute atomic E-state index is 0.00725. The van der Waals surface area contributed by atoms with Crippen LogP contribution < -0.4 is 0 Å². The maximum atomic E-state index is 12.6. The molecular weight excluding hydrogens is 249 g/mol. The number of alkyl halides is 3. The first-order valence-electron chi connectivity index (χ1n) is 6.08. The highest BCUT2D eigenvalue weighted by Gasteiger charge is 2.56. The number of thioether (sulfide) groups is 1. The van der Waals surface area contributed by atoms with Crippen LogP contribution in [0.15, 0.2) is 0 Å². The zero-order valence-electron chi connectivity index (χ0n) is 10.3. The standard InChI is InChI=1S/C12H19F3OS/c1-6-7(2)10-8(4-9(6)17-10)5-11(3,16)12(13,14)15/h6-10,16H,4-5H2,1-3H3. The van der Waals surface area contributed by atoms with Gasteiger partial charge in [-0.15, -0.1) is 0 Å². The molecule has 0 spiro atoms. The van der Waals surface area contributed by atoms with E-state index in [1.54, 1.807) is 0 Å². The molecule has 0 aromatic heterocycles. The summed E-state index contributed by atoms with van der Waals surface area (Å²) in [5.41, 5.74) is -2.54. The third-order valence-corrected chi connectivity index (χ3v) is 6.64. The first-order chi connectivity index (χ1) is 7.63. The molecule has 2 saturated heterocycles. The van der Waals surface area contributed by atoms with Crippen LogP contribution in [0.3, 0.4) is 0 Å². The van der Waals surface area contributed by atoms with Crippen molar-refractivity contribution in [3.8, 4) is 0 Å². The van der Waals surface area contributed by atoms with Crippen molar-refractivity contribution >= 4 is 11.8 Å². The Morgan fingerprint density at radius 2 is 1.82 bits per heavy atom. The van der Waals surface area contributed by atoms with Crippen molar-refractivity contribution < 1.29 is 18.3 Å². The Hall–Kier alpha value is 0.100. The molecule has 0 amide bonds. The lowest BCUT2D eigenvalue weighted by molar-refractivity contribution is -0.259. The molecule has 100 valence electrons. The molecule has 0 aromatic rings. The van der Waals surface area contributed by atoms with E-state index >= 15 is 0 Å². The van der Waals surface area contributed by atoms with Gasteiger partial charge in [0.15, 0.2) is 5.60 Å². The number of fused-ring (bicyclic) bond motifs is 2. The van der Waals surface area contributed by atoms with Crippen LogP contribution in [-0.4, -0.2) is 27.4 Å². The van der Waals surface area contributed by atoms with Crippen molar-refractivity contribution in [3.63, 3.8) is 0 Å². The van der Waals surface area contributed by atoms with Crippen molar-refractivity contribution in [3.05, 3.63) is 0 Å². The van der Waals surface area contributed by atoms with E-state index in [0.717, 1.165) is 13.3 Å². The van der Waals surface area contributed by atoms with Gasteiger partial charge in [-0.25, -0.2) is 0 Å². The number of hydrogen-bond donors (Lipinski definition) is 1. The van der Waals surface area contributed by atoms with E-state index in [1.165, 1.54) is 0 Å². The highest BCUT2D eigenvalue weighted by Crippen LogP contribution is 2.57. The zero-order valence-corrected chi connectivity index (χ0v) is 11.1. The topological polar surface area (TPSA) is 20.2 Å². The SMILES string of the molecule is CC1C2CC(CC(C)(O)C(F)(F)F)C(S2)C1C. The van der Waals surface area contributed by atoms with E-state index in [-0.39, 0.29) is 12.3 Å². The normalized spacial score (nSPS) is 45.0. The number of rotatable bonds is 2. The smallest absolute Gasteiger partial charge is 0.381 e. The predicted molar refractivity (Wildman–Crippen MR) is 62.9 cm³/mol. The van der Waals surface area contributed by atoms with Gasteiger partial charge >= 0.3 is 6.18 Å². The molecule has 2 bridgehead atoms. The summed E-state index contributed by atoms with van der Waals surface area (Å²) in [6, 6.07) is 0. The fourth-order valence-corrected chi connectivity index (χ4v) is 5.34. The molecule has 6 unspecified atom stereocenters. The Morgan fingerprint density at radius 3 is 2.24 bits per heavy atom. The van der Waals surface area contributed by atoms with Crippen LogP contribution in [0, 0.1) is 17.8 Å². The summed E-state index contributed by atoms with van der Waals surface area (Å²) in [5, 5.41) is 10.3.